The fourth-order valence-corrected chi connectivity index (χ4v) is 3.93. The van der Waals surface area contributed by atoms with Gasteiger partial charge in [0, 0.05) is 31.8 Å². The molecule has 0 radical (unpaired) electrons. The summed E-state index contributed by atoms with van der Waals surface area (Å²) in [6, 6.07) is 19.4. The predicted molar refractivity (Wildman–Crippen MR) is 134 cm³/mol. The van der Waals surface area contributed by atoms with E-state index in [2.05, 4.69) is 5.92 Å². The molecule has 0 saturated carbocycles. The van der Waals surface area contributed by atoms with E-state index in [4.69, 9.17) is 25.4 Å². The molecule has 0 aliphatic heterocycles. The van der Waals surface area contributed by atoms with Crippen molar-refractivity contribution >= 4 is 0 Å². The lowest BCUT2D eigenvalue weighted by Gasteiger charge is -2.24. The van der Waals surface area contributed by atoms with E-state index in [1.807, 2.05) is 47.4 Å². The molecule has 36 heavy (non-hydrogen) atoms. The van der Waals surface area contributed by atoms with Crippen LogP contribution in [0, 0.1) is 18.2 Å². The minimum atomic E-state index is -0.780. The number of nitrogens with zero attached hydrogens (tertiary/aromatic N) is 3. The highest BCUT2D eigenvalue weighted by Crippen LogP contribution is 2.34. The highest BCUT2D eigenvalue weighted by molar-refractivity contribution is 5.65. The number of aromatic nitrogens is 2. The van der Waals surface area contributed by atoms with E-state index in [9.17, 15) is 9.50 Å². The topological polar surface area (TPSA) is 72.9 Å². The fraction of sp³-hybridized carbons (Fsp3) is 0.250. The number of benzene rings is 2. The number of hydrogen-bond donors (Lipinski definition) is 1. The van der Waals surface area contributed by atoms with E-state index < -0.39 is 11.9 Å². The first-order chi connectivity index (χ1) is 17.5. The van der Waals surface area contributed by atoms with E-state index >= 15 is 0 Å². The number of terminal acetylenes is 1. The van der Waals surface area contributed by atoms with Crippen LogP contribution in [0.1, 0.15) is 11.3 Å². The van der Waals surface area contributed by atoms with Gasteiger partial charge in [0.15, 0.2) is 0 Å². The summed E-state index contributed by atoms with van der Waals surface area (Å²) in [6.07, 6.45) is 6.08. The molecule has 1 N–H and O–H groups in total. The molecule has 7 nitrogen and oxygen atoms in total. The van der Waals surface area contributed by atoms with Crippen LogP contribution in [0.15, 0.2) is 77.4 Å². The van der Waals surface area contributed by atoms with Gasteiger partial charge in [-0.3, -0.25) is 4.90 Å². The third kappa shape index (κ3) is 6.61. The zero-order valence-corrected chi connectivity index (χ0v) is 20.0. The Hall–Kier alpha value is -3.90. The fourth-order valence-electron chi connectivity index (χ4n) is 3.93. The Morgan fingerprint density at radius 3 is 2.69 bits per heavy atom. The number of aryl methyl sites for hydroxylation is 1. The summed E-state index contributed by atoms with van der Waals surface area (Å²) in [5.74, 6) is 3.58. The second kappa shape index (κ2) is 12.2. The maximum Gasteiger partial charge on any atom is 0.222 e. The van der Waals surface area contributed by atoms with E-state index in [-0.39, 0.29) is 19.8 Å². The summed E-state index contributed by atoms with van der Waals surface area (Å²) in [5.41, 5.74) is 2.43. The Balaban J connectivity index is 1.68. The Morgan fingerprint density at radius 1 is 1.14 bits per heavy atom. The van der Waals surface area contributed by atoms with Crippen LogP contribution in [0.5, 0.6) is 11.6 Å². The highest BCUT2D eigenvalue weighted by Gasteiger charge is 2.24. The molecule has 4 aromatic rings. The van der Waals surface area contributed by atoms with Gasteiger partial charge in [-0.1, -0.05) is 42.3 Å². The van der Waals surface area contributed by atoms with Gasteiger partial charge in [-0.2, -0.15) is 5.10 Å². The van der Waals surface area contributed by atoms with Crippen molar-refractivity contribution in [1.29, 1.82) is 0 Å². The molecule has 0 saturated heterocycles. The lowest BCUT2D eigenvalue weighted by Crippen LogP contribution is -2.34. The van der Waals surface area contributed by atoms with E-state index in [0.717, 1.165) is 22.6 Å². The van der Waals surface area contributed by atoms with E-state index in [1.165, 1.54) is 12.1 Å². The molecule has 0 fully saturated rings. The molecule has 0 amide bonds. The van der Waals surface area contributed by atoms with Crippen LogP contribution < -0.4 is 4.74 Å². The molecule has 0 aliphatic rings. The second-order valence-electron chi connectivity index (χ2n) is 8.30. The standard InChI is InChI=1S/C28H28FN3O4/c1-3-14-34-20-23(33)17-32(18-25-13-8-15-35-25)19-26-27(21-9-5-4-6-10-21)30-31(2)28(26)36-24-12-7-11-22(29)16-24/h1,4-13,15-16,23,33H,14,17-20H2,2H3/t23-/m1/s1. The van der Waals surface area contributed by atoms with Gasteiger partial charge in [0.05, 0.1) is 31.1 Å². The van der Waals surface area contributed by atoms with Crippen molar-refractivity contribution in [2.24, 2.45) is 7.05 Å². The Labute approximate surface area is 209 Å². The smallest absolute Gasteiger partial charge is 0.222 e. The average Bonchev–Trinajstić information content (AvgIpc) is 3.48. The first-order valence-corrected chi connectivity index (χ1v) is 11.5. The molecule has 2 heterocycles. The number of halogens is 1. The summed E-state index contributed by atoms with van der Waals surface area (Å²) in [5, 5.41) is 15.3. The maximum absolute atomic E-state index is 13.9. The number of aliphatic hydroxyl groups excluding tert-OH is 1. The third-order valence-electron chi connectivity index (χ3n) is 5.45. The zero-order chi connectivity index (χ0) is 25.3. The summed E-state index contributed by atoms with van der Waals surface area (Å²) in [7, 11) is 1.78. The minimum Gasteiger partial charge on any atom is -0.468 e. The van der Waals surface area contributed by atoms with Crippen LogP contribution in [-0.2, 0) is 24.9 Å². The van der Waals surface area contributed by atoms with Crippen molar-refractivity contribution in [2.75, 3.05) is 19.8 Å². The number of aliphatic hydroxyl groups is 1. The monoisotopic (exact) mass is 489 g/mol. The van der Waals surface area contributed by atoms with Gasteiger partial charge in [0.25, 0.3) is 0 Å². The van der Waals surface area contributed by atoms with E-state index in [0.29, 0.717) is 24.7 Å². The molecule has 1 atom stereocenters. The molecular formula is C28H28FN3O4. The van der Waals surface area contributed by atoms with Crippen molar-refractivity contribution in [2.45, 2.75) is 19.2 Å². The van der Waals surface area contributed by atoms with E-state index in [1.54, 1.807) is 30.1 Å². The van der Waals surface area contributed by atoms with Crippen LogP contribution in [0.3, 0.4) is 0 Å². The second-order valence-corrected chi connectivity index (χ2v) is 8.30. The Bertz CT molecular complexity index is 1280. The zero-order valence-electron chi connectivity index (χ0n) is 20.0. The van der Waals surface area contributed by atoms with Crippen LogP contribution in [-0.4, -0.2) is 45.6 Å². The Kier molecular flexibility index (Phi) is 8.53. The van der Waals surface area contributed by atoms with Crippen LogP contribution in [0.25, 0.3) is 11.3 Å². The normalized spacial score (nSPS) is 12.0. The SMILES string of the molecule is C#CCOC[C@H](O)CN(Cc1ccco1)Cc1c(-c2ccccc2)nn(C)c1Oc1cccc(F)c1. The summed E-state index contributed by atoms with van der Waals surface area (Å²) in [4.78, 5) is 2.02. The molecule has 8 heteroatoms. The van der Waals surface area contributed by atoms with Crippen LogP contribution >= 0.6 is 0 Å². The third-order valence-corrected chi connectivity index (χ3v) is 5.45. The predicted octanol–water partition coefficient (Wildman–Crippen LogP) is 4.62. The molecule has 0 spiro atoms. The van der Waals surface area contributed by atoms with Crippen molar-refractivity contribution in [1.82, 2.24) is 14.7 Å². The van der Waals surface area contributed by atoms with Gasteiger partial charge < -0.3 is 19.0 Å². The van der Waals surface area contributed by atoms with Crippen molar-refractivity contribution in [3.8, 4) is 35.2 Å². The first kappa shape index (κ1) is 25.2. The first-order valence-electron chi connectivity index (χ1n) is 11.5. The van der Waals surface area contributed by atoms with Gasteiger partial charge in [0.2, 0.25) is 5.88 Å². The number of ether oxygens (including phenoxy) is 2. The molecule has 0 bridgehead atoms. The molecule has 2 aromatic heterocycles. The van der Waals surface area contributed by atoms with Crippen LogP contribution in [0.2, 0.25) is 0 Å². The lowest BCUT2D eigenvalue weighted by atomic mass is 10.1. The lowest BCUT2D eigenvalue weighted by molar-refractivity contribution is 0.0229. The molecule has 0 unspecified atom stereocenters. The molecular weight excluding hydrogens is 461 g/mol. The number of furan rings is 1. The number of hydrogen-bond acceptors (Lipinski definition) is 6. The van der Waals surface area contributed by atoms with Gasteiger partial charge in [-0.05, 0) is 24.3 Å². The molecule has 2 aromatic carbocycles. The largest absolute Gasteiger partial charge is 0.468 e. The van der Waals surface area contributed by atoms with Gasteiger partial charge in [-0.15, -0.1) is 6.42 Å². The number of rotatable bonds is 12. The van der Waals surface area contributed by atoms with Gasteiger partial charge in [0.1, 0.15) is 29.6 Å². The van der Waals surface area contributed by atoms with Crippen molar-refractivity contribution in [3.05, 3.63) is 90.1 Å². The molecule has 186 valence electrons. The minimum absolute atomic E-state index is 0.101. The van der Waals surface area contributed by atoms with Gasteiger partial charge in [-0.25, -0.2) is 9.07 Å². The van der Waals surface area contributed by atoms with Crippen molar-refractivity contribution < 1.29 is 23.4 Å². The summed E-state index contributed by atoms with van der Waals surface area (Å²) in [6.45, 7) is 1.32. The Morgan fingerprint density at radius 2 is 1.97 bits per heavy atom. The highest BCUT2D eigenvalue weighted by atomic mass is 19.1. The summed E-state index contributed by atoms with van der Waals surface area (Å²) < 4.78 is 32.5. The maximum atomic E-state index is 13.9. The van der Waals surface area contributed by atoms with Crippen molar-refractivity contribution in [3.63, 3.8) is 0 Å². The summed E-state index contributed by atoms with van der Waals surface area (Å²) >= 11 is 0. The molecule has 0 aliphatic carbocycles. The van der Waals surface area contributed by atoms with Gasteiger partial charge >= 0.3 is 0 Å². The quantitative estimate of drug-likeness (QED) is 0.231. The average molecular weight is 490 g/mol. The molecule has 4 rings (SSSR count). The van der Waals surface area contributed by atoms with Crippen LogP contribution in [0.4, 0.5) is 4.39 Å².